The van der Waals surface area contributed by atoms with Crippen molar-refractivity contribution in [3.05, 3.63) is 76.3 Å². The van der Waals surface area contributed by atoms with Crippen LogP contribution in [0.15, 0.2) is 48.5 Å². The Morgan fingerprint density at radius 3 is 1.63 bits per heavy atom. The van der Waals surface area contributed by atoms with E-state index in [9.17, 15) is 14.9 Å². The largest absolute Gasteiger partial charge is 0.478 e. The van der Waals surface area contributed by atoms with Gasteiger partial charge in [-0.25, -0.2) is 14.6 Å². The molecule has 1 aromatic heterocycles. The minimum Gasteiger partial charge on any atom is -0.478 e. The molecule has 4 N–H and O–H groups in total. The highest BCUT2D eigenvalue weighted by Crippen LogP contribution is 2.30. The molecule has 1 heterocycles. The Balaban J connectivity index is 1.95. The highest BCUT2D eigenvalue weighted by atomic mass is 16.4. The highest BCUT2D eigenvalue weighted by Gasteiger charge is 2.15. The first-order chi connectivity index (χ1) is 14.3. The molecule has 0 bridgehead atoms. The normalized spacial score (nSPS) is 10.2. The van der Waals surface area contributed by atoms with Crippen molar-refractivity contribution in [3.63, 3.8) is 0 Å². The van der Waals surface area contributed by atoms with E-state index >= 15 is 0 Å². The van der Waals surface area contributed by atoms with Gasteiger partial charge in [0.15, 0.2) is 5.82 Å². The molecule has 2 aromatic carbocycles. The lowest BCUT2D eigenvalue weighted by atomic mass is 10.1. The third-order valence-corrected chi connectivity index (χ3v) is 4.65. The van der Waals surface area contributed by atoms with Crippen molar-refractivity contribution in [1.82, 2.24) is 4.98 Å². The number of aromatic carboxylic acids is 2. The maximum Gasteiger partial charge on any atom is 0.335 e. The predicted octanol–water partition coefficient (Wildman–Crippen LogP) is 4.45. The summed E-state index contributed by atoms with van der Waals surface area (Å²) in [5, 5.41) is 33.9. The first kappa shape index (κ1) is 20.4. The van der Waals surface area contributed by atoms with Crippen molar-refractivity contribution in [2.24, 2.45) is 0 Å². The van der Waals surface area contributed by atoms with Crippen LogP contribution in [0.2, 0.25) is 0 Å². The molecule has 3 rings (SSSR count). The lowest BCUT2D eigenvalue weighted by molar-refractivity contribution is 0.0686. The van der Waals surface area contributed by atoms with E-state index in [1.165, 1.54) is 24.3 Å². The summed E-state index contributed by atoms with van der Waals surface area (Å²) >= 11 is 0. The van der Waals surface area contributed by atoms with Crippen LogP contribution in [-0.4, -0.2) is 27.1 Å². The summed E-state index contributed by atoms with van der Waals surface area (Å²) in [5.41, 5.74) is 3.46. The number of rotatable bonds is 6. The van der Waals surface area contributed by atoms with Crippen LogP contribution in [0.25, 0.3) is 0 Å². The van der Waals surface area contributed by atoms with Gasteiger partial charge < -0.3 is 20.8 Å². The SMILES string of the molecule is Cc1c(Nc2ccc(C(=O)O)cc2)nc(Nc2ccc(C(=O)O)cc2)c(C#N)c1C. The molecule has 30 heavy (non-hydrogen) atoms. The van der Waals surface area contributed by atoms with Crippen molar-refractivity contribution >= 4 is 34.9 Å². The molecule has 0 fully saturated rings. The summed E-state index contributed by atoms with van der Waals surface area (Å²) in [4.78, 5) is 26.6. The third kappa shape index (κ3) is 4.20. The quantitative estimate of drug-likeness (QED) is 0.475. The molecular formula is C22H18N4O4. The van der Waals surface area contributed by atoms with E-state index in [0.717, 1.165) is 11.1 Å². The number of anilines is 4. The first-order valence-corrected chi connectivity index (χ1v) is 8.92. The first-order valence-electron chi connectivity index (χ1n) is 8.92. The van der Waals surface area contributed by atoms with E-state index in [0.29, 0.717) is 28.6 Å². The number of hydrogen-bond donors (Lipinski definition) is 4. The summed E-state index contributed by atoms with van der Waals surface area (Å²) < 4.78 is 0. The zero-order valence-corrected chi connectivity index (χ0v) is 16.2. The van der Waals surface area contributed by atoms with Gasteiger partial charge in [0, 0.05) is 11.4 Å². The number of nitriles is 1. The van der Waals surface area contributed by atoms with Crippen molar-refractivity contribution < 1.29 is 19.8 Å². The fourth-order valence-electron chi connectivity index (χ4n) is 2.81. The summed E-state index contributed by atoms with van der Waals surface area (Å²) in [6.45, 7) is 3.65. The lowest BCUT2D eigenvalue weighted by Gasteiger charge is -2.16. The summed E-state index contributed by atoms with van der Waals surface area (Å²) in [6.07, 6.45) is 0. The monoisotopic (exact) mass is 402 g/mol. The van der Waals surface area contributed by atoms with E-state index in [-0.39, 0.29) is 11.1 Å². The van der Waals surface area contributed by atoms with Gasteiger partial charge in [0.05, 0.1) is 16.7 Å². The van der Waals surface area contributed by atoms with Crippen LogP contribution in [0.1, 0.15) is 37.4 Å². The molecule has 150 valence electrons. The van der Waals surface area contributed by atoms with Crippen LogP contribution in [-0.2, 0) is 0 Å². The number of benzene rings is 2. The fraction of sp³-hybridized carbons (Fsp3) is 0.0909. The van der Waals surface area contributed by atoms with E-state index in [1.54, 1.807) is 24.3 Å². The Labute approximate surface area is 172 Å². The number of nitrogens with one attached hydrogen (secondary N) is 2. The number of hydrogen-bond acceptors (Lipinski definition) is 6. The molecule has 0 spiro atoms. The number of aromatic nitrogens is 1. The molecule has 8 heteroatoms. The Morgan fingerprint density at radius 2 is 1.23 bits per heavy atom. The van der Waals surface area contributed by atoms with Crippen LogP contribution in [0.5, 0.6) is 0 Å². The Kier molecular flexibility index (Phi) is 5.65. The second kappa shape index (κ2) is 8.32. The molecule has 0 aliphatic rings. The lowest BCUT2D eigenvalue weighted by Crippen LogP contribution is -2.06. The van der Waals surface area contributed by atoms with Gasteiger partial charge in [0.1, 0.15) is 11.9 Å². The van der Waals surface area contributed by atoms with E-state index in [1.807, 2.05) is 13.8 Å². The molecule has 0 saturated heterocycles. The molecule has 3 aromatic rings. The summed E-state index contributed by atoms with van der Waals surface area (Å²) in [6, 6.07) is 14.5. The maximum absolute atomic E-state index is 11.0. The van der Waals surface area contributed by atoms with Gasteiger partial charge in [-0.3, -0.25) is 0 Å². The predicted molar refractivity (Wildman–Crippen MR) is 112 cm³/mol. The zero-order valence-electron chi connectivity index (χ0n) is 16.2. The van der Waals surface area contributed by atoms with Gasteiger partial charge in [-0.1, -0.05) is 0 Å². The van der Waals surface area contributed by atoms with Crippen molar-refractivity contribution in [1.29, 1.82) is 5.26 Å². The van der Waals surface area contributed by atoms with Gasteiger partial charge in [-0.2, -0.15) is 5.26 Å². The van der Waals surface area contributed by atoms with Gasteiger partial charge in [0.25, 0.3) is 0 Å². The van der Waals surface area contributed by atoms with Crippen LogP contribution < -0.4 is 10.6 Å². The number of pyridine rings is 1. The average Bonchev–Trinajstić information content (AvgIpc) is 2.73. The Morgan fingerprint density at radius 1 is 0.800 bits per heavy atom. The number of carboxylic acids is 2. The van der Waals surface area contributed by atoms with Crippen molar-refractivity contribution in [2.75, 3.05) is 10.6 Å². The van der Waals surface area contributed by atoms with Crippen LogP contribution >= 0.6 is 0 Å². The minimum atomic E-state index is -1.02. The summed E-state index contributed by atoms with van der Waals surface area (Å²) in [7, 11) is 0. The summed E-state index contributed by atoms with van der Waals surface area (Å²) in [5.74, 6) is -1.19. The van der Waals surface area contributed by atoms with Crippen LogP contribution in [0, 0.1) is 25.2 Å². The van der Waals surface area contributed by atoms with Crippen LogP contribution in [0.3, 0.4) is 0 Å². The van der Waals surface area contributed by atoms with E-state index in [2.05, 4.69) is 21.7 Å². The number of carbonyl (C=O) groups is 2. The number of nitrogens with zero attached hydrogens (tertiary/aromatic N) is 2. The highest BCUT2D eigenvalue weighted by molar-refractivity contribution is 5.88. The molecule has 0 atom stereocenters. The Hall–Kier alpha value is -4.38. The second-order valence-electron chi connectivity index (χ2n) is 6.56. The molecule has 0 unspecified atom stereocenters. The topological polar surface area (TPSA) is 135 Å². The Bertz CT molecular complexity index is 1160. The van der Waals surface area contributed by atoms with Crippen LogP contribution in [0.4, 0.5) is 23.0 Å². The maximum atomic E-state index is 11.0. The molecule has 0 aliphatic heterocycles. The molecular weight excluding hydrogens is 384 g/mol. The standard InChI is InChI=1S/C22H18N4O4/c1-12-13(2)19(24-16-7-3-14(4-8-16)21(27)28)26-20(18(12)11-23)25-17-9-5-15(6-10-17)22(29)30/h3-10H,1-2H3,(H,27,28)(H,29,30)(H2,24,25,26). The second-order valence-corrected chi connectivity index (χ2v) is 6.56. The molecule has 0 radical (unpaired) electrons. The zero-order chi connectivity index (χ0) is 21.8. The minimum absolute atomic E-state index is 0.154. The average molecular weight is 402 g/mol. The third-order valence-electron chi connectivity index (χ3n) is 4.65. The fourth-order valence-corrected chi connectivity index (χ4v) is 2.81. The molecule has 8 nitrogen and oxygen atoms in total. The van der Waals surface area contributed by atoms with E-state index < -0.39 is 11.9 Å². The molecule has 0 saturated carbocycles. The van der Waals surface area contributed by atoms with Gasteiger partial charge in [0.2, 0.25) is 0 Å². The van der Waals surface area contributed by atoms with Gasteiger partial charge in [-0.05, 0) is 73.5 Å². The number of carboxylic acid groups (broad SMARTS) is 2. The van der Waals surface area contributed by atoms with Crippen molar-refractivity contribution in [2.45, 2.75) is 13.8 Å². The smallest absolute Gasteiger partial charge is 0.335 e. The van der Waals surface area contributed by atoms with Gasteiger partial charge in [-0.15, -0.1) is 0 Å². The van der Waals surface area contributed by atoms with E-state index in [4.69, 9.17) is 10.2 Å². The molecule has 0 aliphatic carbocycles. The molecule has 0 amide bonds. The van der Waals surface area contributed by atoms with Gasteiger partial charge >= 0.3 is 11.9 Å². The van der Waals surface area contributed by atoms with Crippen molar-refractivity contribution in [3.8, 4) is 6.07 Å².